The van der Waals surface area contributed by atoms with Gasteiger partial charge >= 0.3 is 148 Å². The molecular weight excluding hydrogens is 391 g/mol. The zero-order valence-corrected chi connectivity index (χ0v) is 18.6. The Kier molecular flexibility index (Phi) is 10.8. The zero-order chi connectivity index (χ0) is 17.0. The van der Waals surface area contributed by atoms with Gasteiger partial charge in [-0.1, -0.05) is 0 Å². The van der Waals surface area contributed by atoms with Crippen LogP contribution in [0.25, 0.3) is 0 Å². The van der Waals surface area contributed by atoms with Gasteiger partial charge in [-0.25, -0.2) is 0 Å². The van der Waals surface area contributed by atoms with Crippen LogP contribution in [0.3, 0.4) is 0 Å². The second kappa shape index (κ2) is 12.0. The Bertz CT molecular complexity index is 381. The molecule has 0 saturated heterocycles. The van der Waals surface area contributed by atoms with Gasteiger partial charge in [0.15, 0.2) is 0 Å². The second-order valence-corrected chi connectivity index (χ2v) is 20.4. The molecular formula is C20H36O2Sn. The van der Waals surface area contributed by atoms with Gasteiger partial charge in [-0.15, -0.1) is 0 Å². The van der Waals surface area contributed by atoms with E-state index in [1.165, 1.54) is 51.8 Å². The molecule has 0 N–H and O–H groups in total. The van der Waals surface area contributed by atoms with Crippen molar-refractivity contribution in [3.05, 3.63) is 24.3 Å². The fraction of sp³-hybridized carbons (Fsp3) is 0.700. The Labute approximate surface area is 147 Å². The summed E-state index contributed by atoms with van der Waals surface area (Å²) in [7, 11) is 1.71. The molecule has 1 aromatic rings. The molecule has 0 atom stereocenters. The summed E-state index contributed by atoms with van der Waals surface area (Å²) in [4.78, 5) is 0. The Morgan fingerprint density at radius 2 is 1.17 bits per heavy atom. The quantitative estimate of drug-likeness (QED) is 0.337. The molecule has 0 bridgehead atoms. The molecule has 0 fully saturated rings. The van der Waals surface area contributed by atoms with Gasteiger partial charge in [0.05, 0.1) is 0 Å². The topological polar surface area (TPSA) is 18.5 Å². The number of unbranched alkanes of at least 4 members (excludes halogenated alkanes) is 3. The Hall–Kier alpha value is -0.381. The molecule has 0 radical (unpaired) electrons. The van der Waals surface area contributed by atoms with Gasteiger partial charge in [0.1, 0.15) is 0 Å². The summed E-state index contributed by atoms with van der Waals surface area (Å²) in [6, 6.07) is 8.09. The Morgan fingerprint density at radius 1 is 0.739 bits per heavy atom. The number of hydrogen-bond donors (Lipinski definition) is 0. The standard InChI is InChI=1S/C8H9O2.3C4H9.Sn/c1-9-7-3-5-8(10-2)6-4-7;3*1-3-4-2;/h3-6H,1H2,2H3;3*1,3-4H2,2H3;. The van der Waals surface area contributed by atoms with Gasteiger partial charge in [-0.3, -0.25) is 0 Å². The molecule has 0 unspecified atom stereocenters. The minimum absolute atomic E-state index is 0.898. The summed E-state index contributed by atoms with van der Waals surface area (Å²) in [5, 5.41) is 0. The predicted molar refractivity (Wildman–Crippen MR) is 103 cm³/mol. The van der Waals surface area contributed by atoms with Crippen molar-refractivity contribution >= 4 is 18.4 Å². The Balaban J connectivity index is 2.73. The first-order chi connectivity index (χ1) is 11.2. The van der Waals surface area contributed by atoms with E-state index < -0.39 is 18.4 Å². The van der Waals surface area contributed by atoms with Gasteiger partial charge in [0.25, 0.3) is 0 Å². The number of methoxy groups -OCH3 is 1. The van der Waals surface area contributed by atoms with Gasteiger partial charge in [-0.05, 0) is 0 Å². The van der Waals surface area contributed by atoms with Gasteiger partial charge in [0, 0.05) is 0 Å². The van der Waals surface area contributed by atoms with Gasteiger partial charge < -0.3 is 0 Å². The summed E-state index contributed by atoms with van der Waals surface area (Å²) in [5.74, 6) is 1.91. The van der Waals surface area contributed by atoms with Crippen LogP contribution < -0.4 is 9.47 Å². The average molecular weight is 427 g/mol. The summed E-state index contributed by atoms with van der Waals surface area (Å²) < 4.78 is 17.1. The third kappa shape index (κ3) is 7.82. The monoisotopic (exact) mass is 428 g/mol. The van der Waals surface area contributed by atoms with E-state index in [2.05, 4.69) is 32.9 Å². The van der Waals surface area contributed by atoms with Crippen LogP contribution in [0.1, 0.15) is 59.3 Å². The molecule has 1 rings (SSSR count). The van der Waals surface area contributed by atoms with Crippen molar-refractivity contribution in [1.82, 2.24) is 0 Å². The summed E-state index contributed by atoms with van der Waals surface area (Å²) >= 11 is -2.17. The molecule has 2 nitrogen and oxygen atoms in total. The van der Waals surface area contributed by atoms with Crippen molar-refractivity contribution in [1.29, 1.82) is 0 Å². The maximum absolute atomic E-state index is 6.30. The fourth-order valence-electron chi connectivity index (χ4n) is 3.16. The molecule has 0 heterocycles. The minimum atomic E-state index is -2.17. The molecule has 0 aromatic heterocycles. The molecule has 0 aliphatic rings. The Morgan fingerprint density at radius 3 is 1.57 bits per heavy atom. The first kappa shape index (κ1) is 20.7. The van der Waals surface area contributed by atoms with E-state index in [1.54, 1.807) is 7.11 Å². The van der Waals surface area contributed by atoms with Crippen LogP contribution in [-0.4, -0.2) is 30.1 Å². The molecule has 23 heavy (non-hydrogen) atoms. The van der Waals surface area contributed by atoms with Crippen LogP contribution in [0, 0.1) is 0 Å². The molecule has 0 amide bonds. The molecule has 0 spiro atoms. The van der Waals surface area contributed by atoms with E-state index in [1.807, 2.05) is 12.1 Å². The summed E-state index contributed by atoms with van der Waals surface area (Å²) in [6.45, 7) is 6.96. The van der Waals surface area contributed by atoms with E-state index in [0.29, 0.717) is 0 Å². The van der Waals surface area contributed by atoms with E-state index >= 15 is 0 Å². The van der Waals surface area contributed by atoms with Crippen molar-refractivity contribution in [3.63, 3.8) is 0 Å². The maximum atomic E-state index is 6.30. The summed E-state index contributed by atoms with van der Waals surface area (Å²) in [6.07, 6.45) is 8.15. The van der Waals surface area contributed by atoms with Crippen LogP contribution in [0.2, 0.25) is 13.3 Å². The van der Waals surface area contributed by atoms with Crippen molar-refractivity contribution in [2.75, 3.05) is 11.7 Å². The van der Waals surface area contributed by atoms with Crippen LogP contribution in [0.5, 0.6) is 11.5 Å². The van der Waals surface area contributed by atoms with E-state index in [0.717, 1.165) is 16.1 Å². The van der Waals surface area contributed by atoms with Crippen molar-refractivity contribution in [2.45, 2.75) is 72.6 Å². The molecule has 0 aliphatic carbocycles. The van der Waals surface area contributed by atoms with Crippen LogP contribution >= 0.6 is 0 Å². The average Bonchev–Trinajstić information content (AvgIpc) is 2.61. The van der Waals surface area contributed by atoms with Crippen LogP contribution in [0.15, 0.2) is 24.3 Å². The number of hydrogen-bond acceptors (Lipinski definition) is 2. The first-order valence-corrected chi connectivity index (χ1v) is 17.5. The fourth-order valence-corrected chi connectivity index (χ4v) is 17.3. The third-order valence-corrected chi connectivity index (χ3v) is 19.1. The second-order valence-electron chi connectivity index (χ2n) is 6.77. The third-order valence-electron chi connectivity index (χ3n) is 4.79. The van der Waals surface area contributed by atoms with Crippen molar-refractivity contribution in [2.24, 2.45) is 0 Å². The number of rotatable bonds is 13. The summed E-state index contributed by atoms with van der Waals surface area (Å²) in [5.41, 5.74) is 0. The SMILES string of the molecule is CCC[CH2][Sn]([CH2]CCC)([CH2]CCC)[CH2]Oc1ccc(OC)cc1. The van der Waals surface area contributed by atoms with Crippen molar-refractivity contribution < 1.29 is 9.47 Å². The van der Waals surface area contributed by atoms with Crippen LogP contribution in [0.4, 0.5) is 0 Å². The molecule has 0 aliphatic heterocycles. The van der Waals surface area contributed by atoms with E-state index in [9.17, 15) is 0 Å². The van der Waals surface area contributed by atoms with Gasteiger partial charge in [0.2, 0.25) is 0 Å². The predicted octanol–water partition coefficient (Wildman–Crippen LogP) is 6.46. The molecule has 132 valence electrons. The normalized spacial score (nSPS) is 11.5. The first-order valence-electron chi connectivity index (χ1n) is 9.46. The molecule has 1 aromatic carbocycles. The number of benzene rings is 1. The van der Waals surface area contributed by atoms with E-state index in [-0.39, 0.29) is 0 Å². The van der Waals surface area contributed by atoms with Gasteiger partial charge in [-0.2, -0.15) is 0 Å². The van der Waals surface area contributed by atoms with Crippen molar-refractivity contribution in [3.8, 4) is 11.5 Å². The number of ether oxygens (including phenoxy) is 2. The van der Waals surface area contributed by atoms with Crippen LogP contribution in [-0.2, 0) is 0 Å². The molecule has 0 saturated carbocycles. The zero-order valence-electron chi connectivity index (χ0n) is 15.7. The van der Waals surface area contributed by atoms with E-state index in [4.69, 9.17) is 9.47 Å². The molecule has 3 heteroatoms.